The van der Waals surface area contributed by atoms with Crippen molar-refractivity contribution in [3.63, 3.8) is 0 Å². The van der Waals surface area contributed by atoms with Crippen LogP contribution in [0, 0.1) is 0 Å². The molecule has 2 amide bonds. The molecule has 1 atom stereocenters. The molecule has 6 nitrogen and oxygen atoms in total. The fourth-order valence-corrected chi connectivity index (χ4v) is 6.63. The third-order valence-corrected chi connectivity index (χ3v) is 8.86. The van der Waals surface area contributed by atoms with E-state index in [1.807, 2.05) is 47.5 Å². The molecule has 2 saturated heterocycles. The monoisotopic (exact) mass is 547 g/mol. The Labute approximate surface area is 233 Å². The number of methoxy groups -OCH3 is 1. The van der Waals surface area contributed by atoms with Crippen molar-refractivity contribution in [1.29, 1.82) is 0 Å². The Kier molecular flexibility index (Phi) is 7.91. The van der Waals surface area contributed by atoms with Gasteiger partial charge in [0.25, 0.3) is 5.91 Å². The largest absolute Gasteiger partial charge is 0.497 e. The number of thioether (sulfide) groups is 1. The topological polar surface area (TPSA) is 54.8 Å². The van der Waals surface area contributed by atoms with E-state index >= 15 is 0 Å². The predicted octanol–water partition coefficient (Wildman–Crippen LogP) is 6.01. The number of hydrogen-bond donors (Lipinski definition) is 0. The van der Waals surface area contributed by atoms with Crippen LogP contribution < -0.4 is 4.74 Å². The molecule has 1 aromatic heterocycles. The van der Waals surface area contributed by atoms with Crippen LogP contribution in [0.15, 0.2) is 53.6 Å². The van der Waals surface area contributed by atoms with Gasteiger partial charge in [0.05, 0.1) is 24.1 Å². The summed E-state index contributed by atoms with van der Waals surface area (Å²) in [5.41, 5.74) is 4.17. The number of fused-ring (bicyclic) bond motifs is 1. The van der Waals surface area contributed by atoms with Crippen LogP contribution >= 0.6 is 24.0 Å². The van der Waals surface area contributed by atoms with Crippen molar-refractivity contribution in [3.05, 3.63) is 70.3 Å². The van der Waals surface area contributed by atoms with Crippen LogP contribution in [-0.4, -0.2) is 50.2 Å². The van der Waals surface area contributed by atoms with E-state index in [9.17, 15) is 9.59 Å². The first-order chi connectivity index (χ1) is 18.4. The van der Waals surface area contributed by atoms with Crippen molar-refractivity contribution < 1.29 is 14.3 Å². The number of aromatic nitrogens is 1. The van der Waals surface area contributed by atoms with E-state index in [4.69, 9.17) is 17.0 Å². The molecule has 0 spiro atoms. The number of benzene rings is 2. The van der Waals surface area contributed by atoms with Gasteiger partial charge in [-0.1, -0.05) is 61.2 Å². The summed E-state index contributed by atoms with van der Waals surface area (Å²) in [7, 11) is 1.63. The van der Waals surface area contributed by atoms with E-state index in [2.05, 4.69) is 30.5 Å². The molecular weight excluding hydrogens is 514 g/mol. The zero-order chi connectivity index (χ0) is 26.8. The van der Waals surface area contributed by atoms with Crippen LogP contribution in [0.25, 0.3) is 17.0 Å². The summed E-state index contributed by atoms with van der Waals surface area (Å²) in [4.78, 5) is 31.0. The second-order valence-electron chi connectivity index (χ2n) is 9.93. The second-order valence-corrected chi connectivity index (χ2v) is 11.6. The van der Waals surface area contributed by atoms with E-state index in [1.165, 1.54) is 23.7 Å². The number of likely N-dealkylation sites (tertiary alicyclic amines) is 1. The van der Waals surface area contributed by atoms with Crippen LogP contribution in [0.1, 0.15) is 49.8 Å². The molecule has 5 rings (SSSR count). The second kappa shape index (κ2) is 11.3. The molecule has 0 unspecified atom stereocenters. The summed E-state index contributed by atoms with van der Waals surface area (Å²) >= 11 is 6.91. The van der Waals surface area contributed by atoms with Gasteiger partial charge in [-0.2, -0.15) is 0 Å². The normalized spacial score (nSPS) is 19.1. The van der Waals surface area contributed by atoms with E-state index < -0.39 is 0 Å². The summed E-state index contributed by atoms with van der Waals surface area (Å²) in [5, 5.41) is 1.05. The number of hydrogen-bond acceptors (Lipinski definition) is 5. The minimum Gasteiger partial charge on any atom is -0.497 e. The number of nitrogens with zero attached hydrogens (tertiary/aromatic N) is 3. The average molecular weight is 548 g/mol. The summed E-state index contributed by atoms with van der Waals surface area (Å²) in [5.74, 6) is 0.828. The molecule has 3 aromatic rings. The lowest BCUT2D eigenvalue weighted by atomic mass is 10.0. The lowest BCUT2D eigenvalue weighted by Crippen LogP contribution is -2.43. The molecule has 8 heteroatoms. The molecule has 2 fully saturated rings. The van der Waals surface area contributed by atoms with Crippen LogP contribution in [0.3, 0.4) is 0 Å². The van der Waals surface area contributed by atoms with Gasteiger partial charge < -0.3 is 14.2 Å². The van der Waals surface area contributed by atoms with Gasteiger partial charge in [-0.15, -0.1) is 0 Å². The first-order valence-electron chi connectivity index (χ1n) is 13.2. The fraction of sp³-hybridized carbons (Fsp3) is 0.367. The number of rotatable bonds is 7. The summed E-state index contributed by atoms with van der Waals surface area (Å²) < 4.78 is 7.85. The van der Waals surface area contributed by atoms with Gasteiger partial charge in [-0.25, -0.2) is 0 Å². The highest BCUT2D eigenvalue weighted by atomic mass is 32.2. The standard InChI is InChI=1S/C30H33N3O3S2/c1-4-22-9-7-10-25-23(18-31(28(22)25)19-27(34)32-15-6-5-8-20(32)2)16-26-29(35)33(30(37)38-26)17-21-11-13-24(36-3)14-12-21/h7,9-14,16,18,20H,4-6,8,15,17,19H2,1-3H3/b26-16-/t20-/m0/s1. The van der Waals surface area contributed by atoms with Gasteiger partial charge in [0.1, 0.15) is 16.6 Å². The van der Waals surface area contributed by atoms with Crippen LogP contribution in [0.5, 0.6) is 5.75 Å². The van der Waals surface area contributed by atoms with Gasteiger partial charge in [0.15, 0.2) is 0 Å². The highest BCUT2D eigenvalue weighted by Crippen LogP contribution is 2.36. The van der Waals surface area contributed by atoms with E-state index in [-0.39, 0.29) is 17.9 Å². The molecular formula is C30H33N3O3S2. The molecule has 2 aliphatic heterocycles. The number of aryl methyl sites for hydroxylation is 1. The number of amides is 2. The van der Waals surface area contributed by atoms with E-state index in [0.717, 1.165) is 53.6 Å². The van der Waals surface area contributed by atoms with Crippen molar-refractivity contribution in [2.75, 3.05) is 13.7 Å². The first kappa shape index (κ1) is 26.5. The molecule has 0 N–H and O–H groups in total. The van der Waals surface area contributed by atoms with E-state index in [1.54, 1.807) is 12.0 Å². The third kappa shape index (κ3) is 5.24. The van der Waals surface area contributed by atoms with Crippen molar-refractivity contribution in [1.82, 2.24) is 14.4 Å². The van der Waals surface area contributed by atoms with Gasteiger partial charge in [0.2, 0.25) is 5.91 Å². The van der Waals surface area contributed by atoms with Crippen molar-refractivity contribution >= 4 is 57.1 Å². The Balaban J connectivity index is 1.44. The smallest absolute Gasteiger partial charge is 0.266 e. The van der Waals surface area contributed by atoms with Crippen molar-refractivity contribution in [2.45, 2.75) is 58.7 Å². The van der Waals surface area contributed by atoms with Crippen LogP contribution in [0.2, 0.25) is 0 Å². The average Bonchev–Trinajstić information content (AvgIpc) is 3.40. The first-order valence-corrected chi connectivity index (χ1v) is 14.4. The maximum atomic E-state index is 13.4. The lowest BCUT2D eigenvalue weighted by molar-refractivity contribution is -0.135. The SMILES string of the molecule is CCc1cccc2c(/C=C3\SC(=S)N(Cc4ccc(OC)cc4)C3=O)cn(CC(=O)N3CCCC[C@@H]3C)c12. The number of ether oxygens (including phenoxy) is 1. The summed E-state index contributed by atoms with van der Waals surface area (Å²) in [6, 6.07) is 14.2. The Morgan fingerprint density at radius 1 is 1.18 bits per heavy atom. The molecule has 198 valence electrons. The molecule has 0 radical (unpaired) electrons. The molecule has 0 saturated carbocycles. The number of para-hydroxylation sites is 1. The number of thiocarbonyl (C=S) groups is 1. The minimum absolute atomic E-state index is 0.0958. The fourth-order valence-electron chi connectivity index (χ4n) is 5.39. The number of carbonyl (C=O) groups excluding carboxylic acids is 2. The molecule has 2 aromatic carbocycles. The lowest BCUT2D eigenvalue weighted by Gasteiger charge is -2.33. The summed E-state index contributed by atoms with van der Waals surface area (Å²) in [6.07, 6.45) is 8.11. The van der Waals surface area contributed by atoms with Crippen molar-refractivity contribution in [2.24, 2.45) is 0 Å². The maximum absolute atomic E-state index is 13.4. The zero-order valence-corrected chi connectivity index (χ0v) is 23.7. The third-order valence-electron chi connectivity index (χ3n) is 7.48. The van der Waals surface area contributed by atoms with Crippen LogP contribution in [-0.2, 0) is 29.1 Å². The zero-order valence-electron chi connectivity index (χ0n) is 22.1. The summed E-state index contributed by atoms with van der Waals surface area (Å²) in [6.45, 7) is 5.80. The Morgan fingerprint density at radius 3 is 2.68 bits per heavy atom. The molecule has 2 aliphatic rings. The highest BCUT2D eigenvalue weighted by molar-refractivity contribution is 8.26. The molecule has 0 aliphatic carbocycles. The van der Waals surface area contributed by atoms with Crippen LogP contribution in [0.4, 0.5) is 0 Å². The van der Waals surface area contributed by atoms with Gasteiger partial charge >= 0.3 is 0 Å². The highest BCUT2D eigenvalue weighted by Gasteiger charge is 2.32. The minimum atomic E-state index is -0.0958. The molecule has 3 heterocycles. The predicted molar refractivity (Wildman–Crippen MR) is 158 cm³/mol. The van der Waals surface area contributed by atoms with Gasteiger partial charge in [-0.3, -0.25) is 14.5 Å². The van der Waals surface area contributed by atoms with E-state index in [0.29, 0.717) is 22.3 Å². The van der Waals surface area contributed by atoms with Gasteiger partial charge in [-0.05, 0) is 61.9 Å². The quantitative estimate of drug-likeness (QED) is 0.268. The molecule has 0 bridgehead atoms. The van der Waals surface area contributed by atoms with Crippen molar-refractivity contribution in [3.8, 4) is 5.75 Å². The number of carbonyl (C=O) groups is 2. The Morgan fingerprint density at radius 2 is 1.97 bits per heavy atom. The molecule has 38 heavy (non-hydrogen) atoms. The number of piperidine rings is 1. The van der Waals surface area contributed by atoms with Gasteiger partial charge in [0, 0.05) is 29.7 Å². The Hall–Kier alpha value is -3.10. The maximum Gasteiger partial charge on any atom is 0.266 e. The Bertz CT molecular complexity index is 1410.